The molecule has 7 nitrogen and oxygen atoms in total. The van der Waals surface area contributed by atoms with E-state index in [2.05, 4.69) is 11.4 Å². The number of carbonyl (C=O) groups excluding carboxylic acids is 1. The Kier molecular flexibility index (Phi) is 7.92. The second kappa shape index (κ2) is 11.3. The number of ether oxygens (including phenoxy) is 4. The van der Waals surface area contributed by atoms with Gasteiger partial charge in [0.25, 0.3) is 0 Å². The molecule has 1 N–H and O–H groups in total. The maximum atomic E-state index is 12.4. The van der Waals surface area contributed by atoms with Crippen LogP contribution in [0.2, 0.25) is 0 Å². The lowest BCUT2D eigenvalue weighted by atomic mass is 10.1. The minimum atomic E-state index is -0.303. The molecule has 0 bridgehead atoms. The molecule has 3 aromatic carbocycles. The number of anilines is 1. The molecule has 0 unspecified atom stereocenters. The summed E-state index contributed by atoms with van der Waals surface area (Å²) in [5.41, 5.74) is 2.78. The zero-order chi connectivity index (χ0) is 23.6. The Morgan fingerprint density at radius 1 is 0.970 bits per heavy atom. The van der Waals surface area contributed by atoms with Gasteiger partial charge in [0.15, 0.2) is 11.5 Å². The molecule has 0 fully saturated rings. The van der Waals surface area contributed by atoms with Crippen molar-refractivity contribution in [1.29, 1.82) is 5.26 Å². The van der Waals surface area contributed by atoms with E-state index in [1.165, 1.54) is 27.4 Å². The first-order chi connectivity index (χ1) is 16.1. The van der Waals surface area contributed by atoms with Gasteiger partial charge < -0.3 is 24.3 Å². The van der Waals surface area contributed by atoms with Gasteiger partial charge in [0, 0.05) is 17.8 Å². The first kappa shape index (κ1) is 23.2. The number of hydrogen-bond donors (Lipinski definition) is 1. The van der Waals surface area contributed by atoms with Crippen molar-refractivity contribution >= 4 is 17.7 Å². The van der Waals surface area contributed by atoms with Crippen molar-refractivity contribution in [3.8, 4) is 29.1 Å². The highest BCUT2D eigenvalue weighted by molar-refractivity contribution is 6.02. The van der Waals surface area contributed by atoms with Crippen LogP contribution in [-0.4, -0.2) is 27.2 Å². The number of nitrogens with zero attached hydrogens (tertiary/aromatic N) is 1. The van der Waals surface area contributed by atoms with Crippen molar-refractivity contribution in [1.82, 2.24) is 0 Å². The number of amides is 1. The van der Waals surface area contributed by atoms with Crippen LogP contribution in [0.25, 0.3) is 6.08 Å². The van der Waals surface area contributed by atoms with Crippen molar-refractivity contribution in [3.05, 3.63) is 83.4 Å². The number of nitrogens with one attached hydrogen (secondary N) is 1. The third-order valence-corrected chi connectivity index (χ3v) is 4.68. The number of carbonyl (C=O) groups is 1. The van der Waals surface area contributed by atoms with Crippen molar-refractivity contribution in [2.24, 2.45) is 0 Å². The molecule has 0 aliphatic heterocycles. The fourth-order valence-electron chi connectivity index (χ4n) is 3.11. The van der Waals surface area contributed by atoms with Crippen molar-refractivity contribution in [2.75, 3.05) is 26.6 Å². The molecule has 3 rings (SSSR count). The van der Waals surface area contributed by atoms with Crippen molar-refractivity contribution < 1.29 is 23.7 Å². The highest BCUT2D eigenvalue weighted by atomic mass is 16.5. The molecule has 1 amide bonds. The second-order valence-corrected chi connectivity index (χ2v) is 6.91. The van der Waals surface area contributed by atoms with Gasteiger partial charge in [-0.25, -0.2) is 0 Å². The van der Waals surface area contributed by atoms with Crippen molar-refractivity contribution in [2.45, 2.75) is 6.61 Å². The lowest BCUT2D eigenvalue weighted by molar-refractivity contribution is -0.111. The van der Waals surface area contributed by atoms with E-state index in [1.54, 1.807) is 54.6 Å². The van der Waals surface area contributed by atoms with E-state index >= 15 is 0 Å². The van der Waals surface area contributed by atoms with Crippen LogP contribution in [0.4, 0.5) is 5.69 Å². The van der Waals surface area contributed by atoms with E-state index in [9.17, 15) is 4.79 Å². The van der Waals surface area contributed by atoms with E-state index in [-0.39, 0.29) is 5.91 Å². The number of benzene rings is 3. The van der Waals surface area contributed by atoms with Gasteiger partial charge in [-0.3, -0.25) is 4.79 Å². The summed E-state index contributed by atoms with van der Waals surface area (Å²) in [4.78, 5) is 12.4. The fraction of sp³-hybridized carbons (Fsp3) is 0.154. The molecule has 0 aliphatic carbocycles. The Bertz CT molecular complexity index is 1170. The molecular formula is C26H24N2O5. The normalized spacial score (nSPS) is 10.4. The van der Waals surface area contributed by atoms with Gasteiger partial charge in [-0.1, -0.05) is 18.2 Å². The van der Waals surface area contributed by atoms with Crippen LogP contribution in [-0.2, 0) is 11.4 Å². The first-order valence-corrected chi connectivity index (χ1v) is 10.1. The number of methoxy groups -OCH3 is 3. The number of rotatable bonds is 9. The van der Waals surface area contributed by atoms with Crippen LogP contribution in [0.5, 0.6) is 23.0 Å². The number of hydrogen-bond acceptors (Lipinski definition) is 6. The quantitative estimate of drug-likeness (QED) is 0.476. The summed E-state index contributed by atoms with van der Waals surface area (Å²) >= 11 is 0. The van der Waals surface area contributed by atoms with Crippen LogP contribution < -0.4 is 24.3 Å². The highest BCUT2D eigenvalue weighted by Gasteiger charge is 2.12. The van der Waals surface area contributed by atoms with E-state index < -0.39 is 0 Å². The zero-order valence-electron chi connectivity index (χ0n) is 18.6. The number of nitriles is 1. The Morgan fingerprint density at radius 3 is 2.36 bits per heavy atom. The van der Waals surface area contributed by atoms with Gasteiger partial charge >= 0.3 is 0 Å². The molecule has 168 valence electrons. The molecule has 0 spiro atoms. The molecule has 0 saturated carbocycles. The largest absolute Gasteiger partial charge is 0.493 e. The van der Waals surface area contributed by atoms with Gasteiger partial charge in [0.2, 0.25) is 11.7 Å². The first-order valence-electron chi connectivity index (χ1n) is 10.1. The Hall–Kier alpha value is -4.44. The van der Waals surface area contributed by atoms with Crippen LogP contribution in [0, 0.1) is 11.3 Å². The smallest absolute Gasteiger partial charge is 0.248 e. The maximum absolute atomic E-state index is 12.4. The predicted molar refractivity (Wildman–Crippen MR) is 126 cm³/mol. The molecule has 3 aromatic rings. The lowest BCUT2D eigenvalue weighted by Gasteiger charge is -2.12. The monoisotopic (exact) mass is 444 g/mol. The van der Waals surface area contributed by atoms with E-state index in [4.69, 9.17) is 24.2 Å². The standard InChI is InChI=1S/C26H24N2O5/c1-30-23-13-18(14-24(31-2)26(23)32-3)10-11-25(29)28-21-8-5-9-22(15-21)33-17-20-7-4-6-19(12-20)16-27/h4-15H,17H2,1-3H3,(H,28,29)/b11-10+. The summed E-state index contributed by atoms with van der Waals surface area (Å²) in [7, 11) is 4.60. The average molecular weight is 444 g/mol. The van der Waals surface area contributed by atoms with E-state index in [0.717, 1.165) is 11.1 Å². The summed E-state index contributed by atoms with van der Waals surface area (Å²) in [6.07, 6.45) is 3.07. The van der Waals surface area contributed by atoms with Gasteiger partial charge in [-0.15, -0.1) is 0 Å². The fourth-order valence-corrected chi connectivity index (χ4v) is 3.11. The lowest BCUT2D eigenvalue weighted by Crippen LogP contribution is -2.08. The molecule has 0 heterocycles. The Balaban J connectivity index is 1.65. The molecule has 0 atom stereocenters. The molecule has 33 heavy (non-hydrogen) atoms. The minimum absolute atomic E-state index is 0.303. The van der Waals surface area contributed by atoms with Crippen LogP contribution in [0.15, 0.2) is 66.7 Å². The third kappa shape index (κ3) is 6.28. The Labute approximate surface area is 192 Å². The van der Waals surface area contributed by atoms with E-state index in [1.807, 2.05) is 12.1 Å². The second-order valence-electron chi connectivity index (χ2n) is 6.91. The third-order valence-electron chi connectivity index (χ3n) is 4.68. The van der Waals surface area contributed by atoms with E-state index in [0.29, 0.717) is 40.9 Å². The van der Waals surface area contributed by atoms with Gasteiger partial charge in [0.1, 0.15) is 12.4 Å². The van der Waals surface area contributed by atoms with Crippen LogP contribution >= 0.6 is 0 Å². The predicted octanol–water partition coefficient (Wildman–Crippen LogP) is 4.81. The topological polar surface area (TPSA) is 89.8 Å². The molecule has 7 heteroatoms. The molecule has 0 radical (unpaired) electrons. The van der Waals surface area contributed by atoms with Crippen LogP contribution in [0.1, 0.15) is 16.7 Å². The molecule has 0 aromatic heterocycles. The summed E-state index contributed by atoms with van der Waals surface area (Å²) in [5, 5.41) is 11.8. The van der Waals surface area contributed by atoms with Gasteiger partial charge in [-0.05, 0) is 53.6 Å². The molecular weight excluding hydrogens is 420 g/mol. The summed E-state index contributed by atoms with van der Waals surface area (Å²) in [5.74, 6) is 1.79. The Morgan fingerprint density at radius 2 is 1.70 bits per heavy atom. The summed E-state index contributed by atoms with van der Waals surface area (Å²) in [6, 6.07) is 19.9. The molecule has 0 aliphatic rings. The average Bonchev–Trinajstić information content (AvgIpc) is 2.85. The van der Waals surface area contributed by atoms with Crippen molar-refractivity contribution in [3.63, 3.8) is 0 Å². The minimum Gasteiger partial charge on any atom is -0.493 e. The molecule has 0 saturated heterocycles. The maximum Gasteiger partial charge on any atom is 0.248 e. The summed E-state index contributed by atoms with van der Waals surface area (Å²) in [6.45, 7) is 0.313. The zero-order valence-corrected chi connectivity index (χ0v) is 18.6. The van der Waals surface area contributed by atoms with Gasteiger partial charge in [0.05, 0.1) is 33.0 Å². The highest BCUT2D eigenvalue weighted by Crippen LogP contribution is 2.38. The summed E-state index contributed by atoms with van der Waals surface area (Å²) < 4.78 is 21.8. The SMILES string of the molecule is COc1cc(/C=C/C(=O)Nc2cccc(OCc3cccc(C#N)c3)c2)cc(OC)c1OC. The van der Waals surface area contributed by atoms with Gasteiger partial charge in [-0.2, -0.15) is 5.26 Å². The van der Waals surface area contributed by atoms with Crippen LogP contribution in [0.3, 0.4) is 0 Å².